The lowest BCUT2D eigenvalue weighted by molar-refractivity contribution is -0.145. The van der Waals surface area contributed by atoms with Crippen LogP contribution in [-0.2, 0) is 11.2 Å². The van der Waals surface area contributed by atoms with Crippen LogP contribution in [-0.4, -0.2) is 39.1 Å². The number of likely N-dealkylation sites (tertiary alicyclic amines) is 1. The van der Waals surface area contributed by atoms with Gasteiger partial charge in [-0.15, -0.1) is 0 Å². The zero-order valence-corrected chi connectivity index (χ0v) is 11.7. The SMILES string of the molecule is CC1(C)C(O)CCCN1C(=O)CCc1cccnc1. The Labute approximate surface area is 114 Å². The maximum atomic E-state index is 12.3. The van der Waals surface area contributed by atoms with Gasteiger partial charge in [0, 0.05) is 25.4 Å². The number of aryl methyl sites for hydroxylation is 1. The molecule has 1 aromatic heterocycles. The third kappa shape index (κ3) is 3.13. The summed E-state index contributed by atoms with van der Waals surface area (Å²) in [6, 6.07) is 3.87. The first-order valence-electron chi connectivity index (χ1n) is 6.89. The molecule has 0 radical (unpaired) electrons. The molecule has 1 saturated heterocycles. The van der Waals surface area contributed by atoms with Gasteiger partial charge >= 0.3 is 0 Å². The average molecular weight is 262 g/mol. The minimum Gasteiger partial charge on any atom is -0.391 e. The van der Waals surface area contributed by atoms with Gasteiger partial charge in [-0.05, 0) is 44.7 Å². The van der Waals surface area contributed by atoms with Crippen molar-refractivity contribution in [2.75, 3.05) is 6.54 Å². The Kier molecular flexibility index (Phi) is 4.20. The number of nitrogens with zero attached hydrogens (tertiary/aromatic N) is 2. The van der Waals surface area contributed by atoms with Crippen molar-refractivity contribution in [2.24, 2.45) is 0 Å². The molecule has 2 rings (SSSR count). The van der Waals surface area contributed by atoms with Crippen LogP contribution in [0.3, 0.4) is 0 Å². The third-order valence-corrected chi connectivity index (χ3v) is 4.02. The zero-order valence-electron chi connectivity index (χ0n) is 11.7. The monoisotopic (exact) mass is 262 g/mol. The van der Waals surface area contributed by atoms with Gasteiger partial charge in [0.05, 0.1) is 11.6 Å². The summed E-state index contributed by atoms with van der Waals surface area (Å²) in [6.45, 7) is 4.63. The standard InChI is InChI=1S/C15H22N2O2/c1-15(2)13(18)6-4-10-17(15)14(19)8-7-12-5-3-9-16-11-12/h3,5,9,11,13,18H,4,6-8,10H2,1-2H3. The molecule has 4 heteroatoms. The van der Waals surface area contributed by atoms with Crippen molar-refractivity contribution >= 4 is 5.91 Å². The Morgan fingerprint density at radius 3 is 3.05 bits per heavy atom. The van der Waals surface area contributed by atoms with Gasteiger partial charge in [0.25, 0.3) is 0 Å². The van der Waals surface area contributed by atoms with Crippen molar-refractivity contribution < 1.29 is 9.90 Å². The Morgan fingerprint density at radius 1 is 1.58 bits per heavy atom. The van der Waals surface area contributed by atoms with Gasteiger partial charge in [-0.2, -0.15) is 0 Å². The molecule has 0 aromatic carbocycles. The van der Waals surface area contributed by atoms with Crippen LogP contribution in [0, 0.1) is 0 Å². The van der Waals surface area contributed by atoms with Gasteiger partial charge < -0.3 is 10.0 Å². The average Bonchev–Trinajstić information content (AvgIpc) is 2.40. The quantitative estimate of drug-likeness (QED) is 0.903. The van der Waals surface area contributed by atoms with Gasteiger partial charge in [0.15, 0.2) is 0 Å². The number of hydrogen-bond donors (Lipinski definition) is 1. The number of aromatic nitrogens is 1. The fourth-order valence-corrected chi connectivity index (χ4v) is 2.64. The molecule has 1 aliphatic rings. The van der Waals surface area contributed by atoms with Crippen molar-refractivity contribution in [2.45, 2.75) is 51.2 Å². The lowest BCUT2D eigenvalue weighted by atomic mass is 9.87. The second-order valence-corrected chi connectivity index (χ2v) is 5.72. The summed E-state index contributed by atoms with van der Waals surface area (Å²) in [5, 5.41) is 10.0. The van der Waals surface area contributed by atoms with Crippen LogP contribution >= 0.6 is 0 Å². The molecule has 4 nitrogen and oxygen atoms in total. The first kappa shape index (κ1) is 14.0. The van der Waals surface area contributed by atoms with Crippen LogP contribution in [0.25, 0.3) is 0 Å². The van der Waals surface area contributed by atoms with E-state index in [2.05, 4.69) is 4.98 Å². The Morgan fingerprint density at radius 2 is 2.37 bits per heavy atom. The molecule has 0 aliphatic carbocycles. The van der Waals surface area contributed by atoms with Crippen molar-refractivity contribution in [1.29, 1.82) is 0 Å². The van der Waals surface area contributed by atoms with E-state index in [0.29, 0.717) is 12.8 Å². The second kappa shape index (κ2) is 5.70. The largest absolute Gasteiger partial charge is 0.391 e. The molecule has 104 valence electrons. The van der Waals surface area contributed by atoms with E-state index < -0.39 is 11.6 Å². The normalized spacial score (nSPS) is 22.3. The van der Waals surface area contributed by atoms with E-state index in [1.54, 1.807) is 12.4 Å². The Hall–Kier alpha value is -1.42. The number of pyridine rings is 1. The van der Waals surface area contributed by atoms with Gasteiger partial charge in [-0.3, -0.25) is 9.78 Å². The number of amides is 1. The fraction of sp³-hybridized carbons (Fsp3) is 0.600. The minimum atomic E-state index is -0.454. The highest BCUT2D eigenvalue weighted by Gasteiger charge is 2.39. The lowest BCUT2D eigenvalue weighted by Gasteiger charge is -2.46. The van der Waals surface area contributed by atoms with E-state index in [0.717, 1.165) is 24.9 Å². The predicted octanol–water partition coefficient (Wildman–Crippen LogP) is 1.78. The number of piperidine rings is 1. The molecule has 0 spiro atoms. The summed E-state index contributed by atoms with van der Waals surface area (Å²) in [5.41, 5.74) is 0.621. The summed E-state index contributed by atoms with van der Waals surface area (Å²) in [6.07, 6.45) is 5.93. The first-order valence-corrected chi connectivity index (χ1v) is 6.89. The van der Waals surface area contributed by atoms with E-state index in [-0.39, 0.29) is 5.91 Å². The smallest absolute Gasteiger partial charge is 0.223 e. The molecular formula is C15H22N2O2. The maximum absolute atomic E-state index is 12.3. The number of aliphatic hydroxyl groups excluding tert-OH is 1. The predicted molar refractivity (Wildman–Crippen MR) is 73.6 cm³/mol. The molecule has 1 unspecified atom stereocenters. The van der Waals surface area contributed by atoms with E-state index in [1.165, 1.54) is 0 Å². The van der Waals surface area contributed by atoms with Crippen LogP contribution in [0.15, 0.2) is 24.5 Å². The molecule has 0 bridgehead atoms. The van der Waals surface area contributed by atoms with E-state index in [1.807, 2.05) is 30.9 Å². The summed E-state index contributed by atoms with van der Waals surface area (Å²) in [5.74, 6) is 0.118. The molecule has 19 heavy (non-hydrogen) atoms. The molecule has 1 atom stereocenters. The Balaban J connectivity index is 1.96. The number of rotatable bonds is 3. The summed E-state index contributed by atoms with van der Waals surface area (Å²) in [4.78, 5) is 18.2. The first-order chi connectivity index (χ1) is 9.01. The van der Waals surface area contributed by atoms with Crippen LogP contribution in [0.1, 0.15) is 38.7 Å². The van der Waals surface area contributed by atoms with Crippen molar-refractivity contribution in [3.05, 3.63) is 30.1 Å². The second-order valence-electron chi connectivity index (χ2n) is 5.72. The molecule has 1 N–H and O–H groups in total. The van der Waals surface area contributed by atoms with Crippen molar-refractivity contribution in [3.63, 3.8) is 0 Å². The van der Waals surface area contributed by atoms with E-state index in [4.69, 9.17) is 0 Å². The number of carbonyl (C=O) groups excluding carboxylic acids is 1. The van der Waals surface area contributed by atoms with Gasteiger partial charge in [0.2, 0.25) is 5.91 Å². The minimum absolute atomic E-state index is 0.118. The molecular weight excluding hydrogens is 240 g/mol. The topological polar surface area (TPSA) is 53.4 Å². The molecule has 1 amide bonds. The highest BCUT2D eigenvalue weighted by atomic mass is 16.3. The van der Waals surface area contributed by atoms with E-state index in [9.17, 15) is 9.90 Å². The summed E-state index contributed by atoms with van der Waals surface area (Å²) in [7, 11) is 0. The third-order valence-electron chi connectivity index (χ3n) is 4.02. The van der Waals surface area contributed by atoms with Crippen molar-refractivity contribution in [1.82, 2.24) is 9.88 Å². The zero-order chi connectivity index (χ0) is 13.9. The van der Waals surface area contributed by atoms with Crippen LogP contribution in [0.5, 0.6) is 0 Å². The van der Waals surface area contributed by atoms with Crippen LogP contribution < -0.4 is 0 Å². The number of hydrogen-bond acceptors (Lipinski definition) is 3. The molecule has 0 saturated carbocycles. The summed E-state index contributed by atoms with van der Waals surface area (Å²) >= 11 is 0. The van der Waals surface area contributed by atoms with Crippen LogP contribution in [0.4, 0.5) is 0 Å². The van der Waals surface area contributed by atoms with Crippen LogP contribution in [0.2, 0.25) is 0 Å². The highest BCUT2D eigenvalue weighted by Crippen LogP contribution is 2.28. The van der Waals surface area contributed by atoms with Gasteiger partial charge in [0.1, 0.15) is 0 Å². The summed E-state index contributed by atoms with van der Waals surface area (Å²) < 4.78 is 0. The molecule has 2 heterocycles. The molecule has 1 fully saturated rings. The molecule has 1 aromatic rings. The number of carbonyl (C=O) groups is 1. The van der Waals surface area contributed by atoms with Crippen molar-refractivity contribution in [3.8, 4) is 0 Å². The maximum Gasteiger partial charge on any atom is 0.223 e. The molecule has 1 aliphatic heterocycles. The van der Waals surface area contributed by atoms with Gasteiger partial charge in [-0.1, -0.05) is 6.07 Å². The Bertz CT molecular complexity index is 431. The highest BCUT2D eigenvalue weighted by molar-refractivity contribution is 5.77. The van der Waals surface area contributed by atoms with Gasteiger partial charge in [-0.25, -0.2) is 0 Å². The number of aliphatic hydroxyl groups is 1. The van der Waals surface area contributed by atoms with E-state index >= 15 is 0 Å². The lowest BCUT2D eigenvalue weighted by Crippen LogP contribution is -2.58. The fourth-order valence-electron chi connectivity index (χ4n) is 2.64.